The first kappa shape index (κ1) is 24.3. The molecule has 0 bridgehead atoms. The first-order valence-corrected chi connectivity index (χ1v) is 13.8. The van der Waals surface area contributed by atoms with Crippen molar-refractivity contribution in [1.29, 1.82) is 0 Å². The molecule has 2 fully saturated rings. The largest absolute Gasteiger partial charge is 0.493 e. The van der Waals surface area contributed by atoms with Crippen LogP contribution >= 0.6 is 0 Å². The number of amides is 2. The molecule has 0 aromatic heterocycles. The summed E-state index contributed by atoms with van der Waals surface area (Å²) in [6.07, 6.45) is 7.28. The number of rotatable bonds is 4. The zero-order valence-corrected chi connectivity index (χ0v) is 21.9. The molecule has 196 valence electrons. The van der Waals surface area contributed by atoms with Gasteiger partial charge < -0.3 is 19.3 Å². The Kier molecular flexibility index (Phi) is 6.57. The molecule has 0 radical (unpaired) electrons. The van der Waals surface area contributed by atoms with Gasteiger partial charge in [-0.3, -0.25) is 14.5 Å². The number of methoxy groups -OCH3 is 2. The normalized spacial score (nSPS) is 24.2. The van der Waals surface area contributed by atoms with E-state index in [-0.39, 0.29) is 17.9 Å². The van der Waals surface area contributed by atoms with Gasteiger partial charge in [0.15, 0.2) is 11.5 Å². The van der Waals surface area contributed by atoms with Crippen LogP contribution in [-0.2, 0) is 11.2 Å². The van der Waals surface area contributed by atoms with E-state index >= 15 is 0 Å². The van der Waals surface area contributed by atoms with E-state index in [4.69, 9.17) is 9.47 Å². The summed E-state index contributed by atoms with van der Waals surface area (Å²) < 4.78 is 11.2. The minimum absolute atomic E-state index is 0.00667. The topological polar surface area (TPSA) is 62.3 Å². The van der Waals surface area contributed by atoms with Crippen molar-refractivity contribution in [3.05, 3.63) is 58.7 Å². The molecule has 2 amide bonds. The van der Waals surface area contributed by atoms with Gasteiger partial charge in [0, 0.05) is 44.3 Å². The van der Waals surface area contributed by atoms with Gasteiger partial charge in [-0.05, 0) is 54.2 Å². The van der Waals surface area contributed by atoms with E-state index in [2.05, 4.69) is 4.90 Å². The van der Waals surface area contributed by atoms with Gasteiger partial charge >= 0.3 is 0 Å². The zero-order chi connectivity index (χ0) is 25.5. The van der Waals surface area contributed by atoms with Gasteiger partial charge in [0.2, 0.25) is 5.91 Å². The number of fused-ring (bicyclic) bond motifs is 4. The van der Waals surface area contributed by atoms with Crippen molar-refractivity contribution < 1.29 is 19.1 Å². The number of carbonyl (C=O) groups excluding carboxylic acids is 2. The number of hydrogen-bond acceptors (Lipinski definition) is 5. The van der Waals surface area contributed by atoms with E-state index in [1.807, 2.05) is 46.2 Å². The molecule has 7 nitrogen and oxygen atoms in total. The van der Waals surface area contributed by atoms with Crippen molar-refractivity contribution in [2.45, 2.75) is 56.5 Å². The number of benzene rings is 2. The molecule has 2 aromatic rings. The van der Waals surface area contributed by atoms with Crippen LogP contribution < -0.4 is 9.47 Å². The molecule has 0 N–H and O–H groups in total. The third-order valence-corrected chi connectivity index (χ3v) is 9.01. The summed E-state index contributed by atoms with van der Waals surface area (Å²) in [5.41, 5.74) is 3.61. The van der Waals surface area contributed by atoms with Crippen molar-refractivity contribution in [2.75, 3.05) is 46.9 Å². The maximum Gasteiger partial charge on any atom is 0.254 e. The second kappa shape index (κ2) is 10.0. The van der Waals surface area contributed by atoms with Crippen LogP contribution in [0.1, 0.15) is 71.1 Å². The molecule has 2 atom stereocenters. The Hall–Kier alpha value is -3.06. The average molecular weight is 504 g/mol. The fourth-order valence-corrected chi connectivity index (χ4v) is 7.07. The van der Waals surface area contributed by atoms with E-state index in [0.717, 1.165) is 49.3 Å². The predicted molar refractivity (Wildman–Crippen MR) is 141 cm³/mol. The summed E-state index contributed by atoms with van der Waals surface area (Å²) in [7, 11) is 3.26. The van der Waals surface area contributed by atoms with Gasteiger partial charge in [-0.1, -0.05) is 37.5 Å². The lowest BCUT2D eigenvalue weighted by molar-refractivity contribution is -0.137. The van der Waals surface area contributed by atoms with E-state index in [0.29, 0.717) is 29.6 Å². The maximum atomic E-state index is 14.4. The van der Waals surface area contributed by atoms with E-state index in [9.17, 15) is 9.59 Å². The molecule has 4 aliphatic rings. The van der Waals surface area contributed by atoms with Gasteiger partial charge in [0.05, 0.1) is 26.2 Å². The lowest BCUT2D eigenvalue weighted by Crippen LogP contribution is -2.56. The highest BCUT2D eigenvalue weighted by Crippen LogP contribution is 2.49. The molecule has 0 spiro atoms. The van der Waals surface area contributed by atoms with Crippen LogP contribution in [0.2, 0.25) is 0 Å². The third kappa shape index (κ3) is 4.17. The Morgan fingerprint density at radius 2 is 1.57 bits per heavy atom. The average Bonchev–Trinajstić information content (AvgIpc) is 2.96. The smallest absolute Gasteiger partial charge is 0.254 e. The second-order valence-electron chi connectivity index (χ2n) is 10.8. The van der Waals surface area contributed by atoms with Gasteiger partial charge in [0.1, 0.15) is 0 Å². The van der Waals surface area contributed by atoms with Gasteiger partial charge in [-0.15, -0.1) is 0 Å². The second-order valence-corrected chi connectivity index (χ2v) is 10.8. The van der Waals surface area contributed by atoms with Gasteiger partial charge in [-0.2, -0.15) is 0 Å². The summed E-state index contributed by atoms with van der Waals surface area (Å²) in [5.74, 6) is 1.00. The molecule has 1 saturated carbocycles. The van der Waals surface area contributed by atoms with Crippen LogP contribution in [0.15, 0.2) is 36.4 Å². The fourth-order valence-electron chi connectivity index (χ4n) is 7.07. The first-order chi connectivity index (χ1) is 18.1. The minimum atomic E-state index is -0.438. The number of nitrogens with zero attached hydrogens (tertiary/aromatic N) is 3. The summed E-state index contributed by atoms with van der Waals surface area (Å²) >= 11 is 0. The van der Waals surface area contributed by atoms with Crippen LogP contribution in [-0.4, -0.2) is 79.5 Å². The zero-order valence-electron chi connectivity index (χ0n) is 21.9. The summed E-state index contributed by atoms with van der Waals surface area (Å²) in [4.78, 5) is 34.6. The molecule has 1 aliphatic carbocycles. The van der Waals surface area contributed by atoms with E-state index in [1.165, 1.54) is 32.1 Å². The molecule has 3 heterocycles. The van der Waals surface area contributed by atoms with Crippen LogP contribution in [0.4, 0.5) is 0 Å². The van der Waals surface area contributed by atoms with Crippen LogP contribution in [0, 0.1) is 0 Å². The molecule has 3 aliphatic heterocycles. The van der Waals surface area contributed by atoms with Crippen molar-refractivity contribution >= 4 is 11.8 Å². The number of ether oxygens (including phenoxy) is 2. The Balaban J connectivity index is 1.35. The monoisotopic (exact) mass is 503 g/mol. The SMILES string of the molecule is COc1cc2c(cc1OC)[C@H]1[C@@H](C(=O)N3CCN(C4CCCCC4)CC3)c3ccccc3C(=O)N1CC2. The molecule has 0 unspecified atom stereocenters. The van der Waals surface area contributed by atoms with Crippen molar-refractivity contribution in [1.82, 2.24) is 14.7 Å². The highest BCUT2D eigenvalue weighted by molar-refractivity contribution is 6.01. The molecular formula is C30H37N3O4. The summed E-state index contributed by atoms with van der Waals surface area (Å²) in [6, 6.07) is 12.0. The fraction of sp³-hybridized carbons (Fsp3) is 0.533. The number of piperazine rings is 1. The van der Waals surface area contributed by atoms with Crippen molar-refractivity contribution in [3.8, 4) is 11.5 Å². The maximum absolute atomic E-state index is 14.4. The molecule has 6 rings (SSSR count). The van der Waals surface area contributed by atoms with Gasteiger partial charge in [-0.25, -0.2) is 0 Å². The Morgan fingerprint density at radius 1 is 0.865 bits per heavy atom. The Bertz CT molecular complexity index is 1180. The first-order valence-electron chi connectivity index (χ1n) is 13.8. The van der Waals surface area contributed by atoms with E-state index in [1.54, 1.807) is 14.2 Å². The third-order valence-electron chi connectivity index (χ3n) is 9.01. The number of hydrogen-bond donors (Lipinski definition) is 0. The highest BCUT2D eigenvalue weighted by atomic mass is 16.5. The molecular weight excluding hydrogens is 466 g/mol. The van der Waals surface area contributed by atoms with Crippen molar-refractivity contribution in [2.24, 2.45) is 0 Å². The summed E-state index contributed by atoms with van der Waals surface area (Å²) in [6.45, 7) is 3.93. The molecule has 7 heteroatoms. The molecule has 1 saturated heterocycles. The summed E-state index contributed by atoms with van der Waals surface area (Å²) in [5, 5.41) is 0. The highest BCUT2D eigenvalue weighted by Gasteiger charge is 2.48. The Morgan fingerprint density at radius 3 is 2.30 bits per heavy atom. The minimum Gasteiger partial charge on any atom is -0.493 e. The lowest BCUT2D eigenvalue weighted by atomic mass is 9.75. The lowest BCUT2D eigenvalue weighted by Gasteiger charge is -2.47. The standard InChI is InChI=1S/C30H37N3O4/c1-36-25-18-20-12-13-33-28(24(20)19-26(25)37-2)27(22-10-6-7-11-23(22)29(33)34)30(35)32-16-14-31(15-17-32)21-8-4-3-5-9-21/h6-7,10-11,18-19,21,27-28H,3-5,8-9,12-17H2,1-2H3/t27-,28-/m0/s1. The van der Waals surface area contributed by atoms with E-state index < -0.39 is 5.92 Å². The number of carbonyl (C=O) groups is 2. The van der Waals surface area contributed by atoms with Gasteiger partial charge in [0.25, 0.3) is 5.91 Å². The van der Waals surface area contributed by atoms with Crippen LogP contribution in [0.5, 0.6) is 11.5 Å². The quantitative estimate of drug-likeness (QED) is 0.631. The van der Waals surface area contributed by atoms with Crippen LogP contribution in [0.3, 0.4) is 0 Å². The molecule has 2 aromatic carbocycles. The molecule has 37 heavy (non-hydrogen) atoms. The van der Waals surface area contributed by atoms with Crippen LogP contribution in [0.25, 0.3) is 0 Å². The predicted octanol–water partition coefficient (Wildman–Crippen LogP) is 4.02. The van der Waals surface area contributed by atoms with Crippen molar-refractivity contribution in [3.63, 3.8) is 0 Å². The Labute approximate surface area is 219 Å².